The standard InChI is InChI=1S/C18H31N.CH4O.CH2O.CH4/c1-3-5-7-8-9-10-17-11-13-18(14-12-17)16-19-15-6-4-2;2*1-2;/h11-14,19H,3-10,15-16H2,1-2H3;2H,1H3;1H2;1H4. The summed E-state index contributed by atoms with van der Waals surface area (Å²) in [5.41, 5.74) is 2.90. The van der Waals surface area contributed by atoms with Gasteiger partial charge in [0.2, 0.25) is 0 Å². The molecule has 24 heavy (non-hydrogen) atoms. The van der Waals surface area contributed by atoms with Gasteiger partial charge in [-0.3, -0.25) is 0 Å². The van der Waals surface area contributed by atoms with Gasteiger partial charge in [0.15, 0.2) is 0 Å². The number of benzene rings is 1. The molecule has 0 fully saturated rings. The van der Waals surface area contributed by atoms with Gasteiger partial charge in [0.05, 0.1) is 0 Å². The van der Waals surface area contributed by atoms with Gasteiger partial charge in [-0.25, -0.2) is 0 Å². The normalized spacial score (nSPS) is 9.00. The molecule has 1 rings (SSSR count). The summed E-state index contributed by atoms with van der Waals surface area (Å²) in [5, 5.41) is 10.5. The van der Waals surface area contributed by atoms with Gasteiger partial charge in [-0.15, -0.1) is 0 Å². The van der Waals surface area contributed by atoms with Crippen molar-refractivity contribution in [1.82, 2.24) is 5.32 Å². The van der Waals surface area contributed by atoms with E-state index in [-0.39, 0.29) is 7.43 Å². The second-order valence-corrected chi connectivity index (χ2v) is 5.51. The van der Waals surface area contributed by atoms with E-state index in [4.69, 9.17) is 9.90 Å². The van der Waals surface area contributed by atoms with E-state index in [1.807, 2.05) is 6.79 Å². The molecule has 3 heteroatoms. The van der Waals surface area contributed by atoms with Crippen LogP contribution in [0.25, 0.3) is 0 Å². The highest BCUT2D eigenvalue weighted by Gasteiger charge is 1.96. The number of unbranched alkanes of at least 4 members (excludes halogenated alkanes) is 5. The summed E-state index contributed by atoms with van der Waals surface area (Å²) in [6.45, 7) is 8.65. The zero-order valence-corrected chi connectivity index (χ0v) is 15.4. The average molecular weight is 340 g/mol. The molecule has 0 spiro atoms. The van der Waals surface area contributed by atoms with Gasteiger partial charge in [0.1, 0.15) is 6.79 Å². The number of carbonyl (C=O) groups is 1. The Bertz CT molecular complexity index is 325. The average Bonchev–Trinajstić information content (AvgIpc) is 2.63. The van der Waals surface area contributed by atoms with Gasteiger partial charge >= 0.3 is 0 Å². The van der Waals surface area contributed by atoms with Crippen LogP contribution in [0.3, 0.4) is 0 Å². The summed E-state index contributed by atoms with van der Waals surface area (Å²) in [5.74, 6) is 0. The van der Waals surface area contributed by atoms with Crippen LogP contribution in [0.1, 0.15) is 77.3 Å². The lowest BCUT2D eigenvalue weighted by Gasteiger charge is -2.06. The smallest absolute Gasteiger partial charge is 0.106 e. The Labute approximate surface area is 150 Å². The van der Waals surface area contributed by atoms with Crippen molar-refractivity contribution in [3.8, 4) is 0 Å². The first-order valence-electron chi connectivity index (χ1n) is 8.89. The Morgan fingerprint density at radius 1 is 0.833 bits per heavy atom. The summed E-state index contributed by atoms with van der Waals surface area (Å²) >= 11 is 0. The molecule has 142 valence electrons. The summed E-state index contributed by atoms with van der Waals surface area (Å²) in [6, 6.07) is 9.16. The van der Waals surface area contributed by atoms with Gasteiger partial charge in [-0.2, -0.15) is 0 Å². The van der Waals surface area contributed by atoms with Gasteiger partial charge in [-0.1, -0.05) is 77.6 Å². The molecule has 0 atom stereocenters. The Morgan fingerprint density at radius 3 is 1.88 bits per heavy atom. The minimum Gasteiger partial charge on any atom is -0.400 e. The number of aliphatic hydroxyl groups is 1. The van der Waals surface area contributed by atoms with Gasteiger partial charge < -0.3 is 15.2 Å². The molecule has 0 bridgehead atoms. The first-order chi connectivity index (χ1) is 11.4. The fourth-order valence-electron chi connectivity index (χ4n) is 2.29. The minimum atomic E-state index is 0. The second kappa shape index (κ2) is 24.1. The Kier molecular flexibility index (Phi) is 27.7. The number of rotatable bonds is 11. The van der Waals surface area contributed by atoms with Crippen molar-refractivity contribution in [2.24, 2.45) is 0 Å². The zero-order chi connectivity index (χ0) is 17.8. The molecular weight excluding hydrogens is 298 g/mol. The third-order valence-corrected chi connectivity index (χ3v) is 3.63. The fourth-order valence-corrected chi connectivity index (χ4v) is 2.29. The van der Waals surface area contributed by atoms with Gasteiger partial charge in [0.25, 0.3) is 0 Å². The highest BCUT2D eigenvalue weighted by Crippen LogP contribution is 2.10. The summed E-state index contributed by atoms with van der Waals surface area (Å²) < 4.78 is 0. The van der Waals surface area contributed by atoms with Crippen molar-refractivity contribution in [3.05, 3.63) is 35.4 Å². The Balaban J connectivity index is -0.000000817. The van der Waals surface area contributed by atoms with E-state index < -0.39 is 0 Å². The summed E-state index contributed by atoms with van der Waals surface area (Å²) in [6.07, 6.45) is 10.6. The SMILES string of the molecule is C.C=O.CCCCCCCc1ccc(CNCCCC)cc1.CO. The predicted molar refractivity (Wildman–Crippen MR) is 108 cm³/mol. The van der Waals surface area contributed by atoms with Gasteiger partial charge in [0, 0.05) is 13.7 Å². The van der Waals surface area contributed by atoms with Crippen LogP contribution in [-0.2, 0) is 17.8 Å². The van der Waals surface area contributed by atoms with Crippen LogP contribution in [0.15, 0.2) is 24.3 Å². The van der Waals surface area contributed by atoms with Crippen molar-refractivity contribution in [1.29, 1.82) is 0 Å². The molecule has 0 aliphatic rings. The Morgan fingerprint density at radius 2 is 1.33 bits per heavy atom. The number of aryl methyl sites for hydroxylation is 1. The summed E-state index contributed by atoms with van der Waals surface area (Å²) in [4.78, 5) is 8.00. The highest BCUT2D eigenvalue weighted by atomic mass is 16.2. The second-order valence-electron chi connectivity index (χ2n) is 5.51. The van der Waals surface area contributed by atoms with Gasteiger partial charge in [-0.05, 0) is 36.9 Å². The van der Waals surface area contributed by atoms with Crippen LogP contribution in [0.2, 0.25) is 0 Å². The molecule has 0 heterocycles. The van der Waals surface area contributed by atoms with Crippen LogP contribution in [0, 0.1) is 0 Å². The van der Waals surface area contributed by atoms with Crippen LogP contribution in [-0.4, -0.2) is 25.6 Å². The molecule has 0 aliphatic carbocycles. The van der Waals surface area contributed by atoms with E-state index in [1.54, 1.807) is 0 Å². The topological polar surface area (TPSA) is 49.3 Å². The van der Waals surface area contributed by atoms with Crippen LogP contribution >= 0.6 is 0 Å². The molecule has 1 aromatic carbocycles. The third-order valence-electron chi connectivity index (χ3n) is 3.63. The van der Waals surface area contributed by atoms with Crippen LogP contribution in [0.4, 0.5) is 0 Å². The predicted octanol–water partition coefficient (Wildman–Crippen LogP) is 5.15. The van der Waals surface area contributed by atoms with Crippen molar-refractivity contribution < 1.29 is 9.90 Å². The number of hydrogen-bond donors (Lipinski definition) is 2. The number of hydrogen-bond acceptors (Lipinski definition) is 3. The molecule has 0 radical (unpaired) electrons. The molecule has 0 unspecified atom stereocenters. The molecule has 3 nitrogen and oxygen atoms in total. The monoisotopic (exact) mass is 339 g/mol. The Hall–Kier alpha value is -1.19. The van der Waals surface area contributed by atoms with Crippen molar-refractivity contribution in [2.75, 3.05) is 13.7 Å². The maximum Gasteiger partial charge on any atom is 0.106 e. The fraction of sp³-hybridized carbons (Fsp3) is 0.667. The van der Waals surface area contributed by atoms with E-state index in [1.165, 1.54) is 62.5 Å². The molecular formula is C21H41NO2. The van der Waals surface area contributed by atoms with Crippen molar-refractivity contribution in [3.63, 3.8) is 0 Å². The van der Waals surface area contributed by atoms with E-state index in [0.717, 1.165) is 20.2 Å². The third kappa shape index (κ3) is 17.2. The largest absolute Gasteiger partial charge is 0.400 e. The van der Waals surface area contributed by atoms with E-state index in [2.05, 4.69) is 43.4 Å². The maximum absolute atomic E-state index is 8.00. The molecule has 1 aromatic rings. The molecule has 2 N–H and O–H groups in total. The first-order valence-corrected chi connectivity index (χ1v) is 8.89. The maximum atomic E-state index is 8.00. The molecule has 0 aromatic heterocycles. The van der Waals surface area contributed by atoms with Crippen molar-refractivity contribution >= 4 is 6.79 Å². The van der Waals surface area contributed by atoms with Crippen LogP contribution < -0.4 is 5.32 Å². The summed E-state index contributed by atoms with van der Waals surface area (Å²) in [7, 11) is 1.00. The van der Waals surface area contributed by atoms with Crippen LogP contribution in [0.5, 0.6) is 0 Å². The lowest BCUT2D eigenvalue weighted by molar-refractivity contribution is -0.0979. The first kappa shape index (κ1) is 27.6. The zero-order valence-electron chi connectivity index (χ0n) is 15.4. The number of nitrogens with one attached hydrogen (secondary N) is 1. The minimum absolute atomic E-state index is 0. The lowest BCUT2D eigenvalue weighted by atomic mass is 10.0. The lowest BCUT2D eigenvalue weighted by Crippen LogP contribution is -2.14. The van der Waals surface area contributed by atoms with E-state index in [0.29, 0.717) is 0 Å². The quantitative estimate of drug-likeness (QED) is 0.548. The number of aliphatic hydroxyl groups excluding tert-OH is 1. The molecule has 0 saturated carbocycles. The highest BCUT2D eigenvalue weighted by molar-refractivity contribution is 5.22. The van der Waals surface area contributed by atoms with E-state index >= 15 is 0 Å². The number of carbonyl (C=O) groups excluding carboxylic acids is 1. The molecule has 0 amide bonds. The van der Waals surface area contributed by atoms with Crippen molar-refractivity contribution in [2.45, 2.75) is 79.2 Å². The molecule has 0 saturated heterocycles. The molecule has 0 aliphatic heterocycles. The van der Waals surface area contributed by atoms with E-state index in [9.17, 15) is 0 Å².